The summed E-state index contributed by atoms with van der Waals surface area (Å²) in [6, 6.07) is 8.59. The zero-order valence-electron chi connectivity index (χ0n) is 7.33. The van der Waals surface area contributed by atoms with Crippen LogP contribution >= 0.6 is 0 Å². The van der Waals surface area contributed by atoms with Gasteiger partial charge in [-0.2, -0.15) is 0 Å². The van der Waals surface area contributed by atoms with Crippen LogP contribution in [-0.4, -0.2) is 0 Å². The Hall–Kier alpha value is -1.56. The van der Waals surface area contributed by atoms with Gasteiger partial charge >= 0.3 is 0 Å². The predicted octanol–water partition coefficient (Wildman–Crippen LogP) is 3.43. The Morgan fingerprint density at radius 1 is 0.923 bits per heavy atom. The highest BCUT2D eigenvalue weighted by molar-refractivity contribution is 5.89. The molecule has 0 heterocycles. The van der Waals surface area contributed by atoms with Crippen molar-refractivity contribution in [1.29, 1.82) is 0 Å². The van der Waals surface area contributed by atoms with Gasteiger partial charge in [0.2, 0.25) is 0 Å². The van der Waals surface area contributed by atoms with E-state index >= 15 is 0 Å². The van der Waals surface area contributed by atoms with E-state index in [1.807, 2.05) is 0 Å². The fourth-order valence-corrected chi connectivity index (χ4v) is 1.82. The summed E-state index contributed by atoms with van der Waals surface area (Å²) < 4.78 is 0. The summed E-state index contributed by atoms with van der Waals surface area (Å²) in [5, 5.41) is 0. The SMILES string of the molecule is C1=CC2=C(C2)c2ccccc2C=C1. The molecule has 2 aliphatic carbocycles. The molecule has 0 amide bonds. The minimum atomic E-state index is 1.18. The van der Waals surface area contributed by atoms with Crippen LogP contribution in [0.4, 0.5) is 0 Å². The van der Waals surface area contributed by atoms with Crippen LogP contribution < -0.4 is 0 Å². The van der Waals surface area contributed by atoms with Gasteiger partial charge in [0.1, 0.15) is 0 Å². The second-order valence-electron chi connectivity index (χ2n) is 3.49. The van der Waals surface area contributed by atoms with E-state index in [0.717, 1.165) is 0 Å². The molecule has 0 heteroatoms. The monoisotopic (exact) mass is 166 g/mol. The zero-order chi connectivity index (χ0) is 8.67. The van der Waals surface area contributed by atoms with Crippen molar-refractivity contribution in [2.24, 2.45) is 0 Å². The van der Waals surface area contributed by atoms with Crippen molar-refractivity contribution in [2.75, 3.05) is 0 Å². The van der Waals surface area contributed by atoms with Gasteiger partial charge < -0.3 is 0 Å². The summed E-state index contributed by atoms with van der Waals surface area (Å²) in [5.74, 6) is 0. The maximum Gasteiger partial charge on any atom is -0.00137 e. The Kier molecular flexibility index (Phi) is 1.31. The minimum absolute atomic E-state index is 1.18. The van der Waals surface area contributed by atoms with Crippen molar-refractivity contribution in [3.63, 3.8) is 0 Å². The molecule has 0 N–H and O–H groups in total. The van der Waals surface area contributed by atoms with E-state index in [1.54, 1.807) is 0 Å². The van der Waals surface area contributed by atoms with Gasteiger partial charge in [-0.1, -0.05) is 48.6 Å². The van der Waals surface area contributed by atoms with Crippen LogP contribution in [0.3, 0.4) is 0 Å². The topological polar surface area (TPSA) is 0 Å². The van der Waals surface area contributed by atoms with Crippen LogP contribution in [0.5, 0.6) is 0 Å². The standard InChI is InChI=1S/C13H10/c1-2-7-11-9-13(11)12-8-4-3-6-10(12)5-1/h1-8H,9H2. The molecule has 0 fully saturated rings. The van der Waals surface area contributed by atoms with Gasteiger partial charge in [-0.15, -0.1) is 0 Å². The average molecular weight is 166 g/mol. The predicted molar refractivity (Wildman–Crippen MR) is 56.2 cm³/mol. The lowest BCUT2D eigenvalue weighted by molar-refractivity contribution is 1.54. The minimum Gasteiger partial charge on any atom is -0.0620 e. The Morgan fingerprint density at radius 3 is 2.77 bits per heavy atom. The molecule has 3 rings (SSSR count). The Morgan fingerprint density at radius 2 is 1.77 bits per heavy atom. The van der Waals surface area contributed by atoms with Gasteiger partial charge in [0.15, 0.2) is 0 Å². The Balaban J connectivity index is 2.25. The molecule has 0 spiro atoms. The van der Waals surface area contributed by atoms with E-state index < -0.39 is 0 Å². The molecular formula is C13H10. The number of rotatable bonds is 0. The molecule has 0 radical (unpaired) electrons. The maximum absolute atomic E-state index is 2.21. The molecule has 1 aromatic rings. The van der Waals surface area contributed by atoms with Crippen LogP contribution in [0.15, 0.2) is 48.1 Å². The van der Waals surface area contributed by atoms with Crippen molar-refractivity contribution >= 4 is 11.6 Å². The van der Waals surface area contributed by atoms with Crippen LogP contribution in [0.25, 0.3) is 11.6 Å². The van der Waals surface area contributed by atoms with E-state index in [0.29, 0.717) is 0 Å². The van der Waals surface area contributed by atoms with Gasteiger partial charge in [0.25, 0.3) is 0 Å². The van der Waals surface area contributed by atoms with Gasteiger partial charge in [0, 0.05) is 0 Å². The fraction of sp³-hybridized carbons (Fsp3) is 0.0769. The van der Waals surface area contributed by atoms with E-state index in [2.05, 4.69) is 48.6 Å². The van der Waals surface area contributed by atoms with Crippen molar-refractivity contribution in [1.82, 2.24) is 0 Å². The van der Waals surface area contributed by atoms with Crippen molar-refractivity contribution < 1.29 is 0 Å². The number of benzene rings is 1. The summed E-state index contributed by atoms with van der Waals surface area (Å²) in [5.41, 5.74) is 5.78. The number of allylic oxidation sites excluding steroid dienone is 5. The van der Waals surface area contributed by atoms with E-state index in [-0.39, 0.29) is 0 Å². The maximum atomic E-state index is 2.21. The van der Waals surface area contributed by atoms with E-state index in [4.69, 9.17) is 0 Å². The second kappa shape index (κ2) is 2.46. The molecule has 0 saturated heterocycles. The van der Waals surface area contributed by atoms with Gasteiger partial charge in [0.05, 0.1) is 0 Å². The fourth-order valence-electron chi connectivity index (χ4n) is 1.82. The highest BCUT2D eigenvalue weighted by Gasteiger charge is 2.22. The number of hydrogen-bond acceptors (Lipinski definition) is 0. The summed E-state index contributed by atoms with van der Waals surface area (Å²) in [7, 11) is 0. The largest absolute Gasteiger partial charge is 0.0620 e. The lowest BCUT2D eigenvalue weighted by Gasteiger charge is -2.00. The second-order valence-corrected chi connectivity index (χ2v) is 3.49. The van der Waals surface area contributed by atoms with Crippen LogP contribution in [-0.2, 0) is 0 Å². The molecule has 1 aromatic carbocycles. The molecule has 0 atom stereocenters. The average Bonchev–Trinajstić information content (AvgIpc) is 2.88. The van der Waals surface area contributed by atoms with Crippen LogP contribution in [0, 0.1) is 0 Å². The molecule has 0 unspecified atom stereocenters. The highest BCUT2D eigenvalue weighted by Crippen LogP contribution is 2.43. The Labute approximate surface area is 77.9 Å². The van der Waals surface area contributed by atoms with Gasteiger partial charge in [-0.25, -0.2) is 0 Å². The number of fused-ring (bicyclic) bond motifs is 2. The molecule has 62 valence electrons. The summed E-state index contributed by atoms with van der Waals surface area (Å²) in [6.45, 7) is 0. The molecule has 0 saturated carbocycles. The molecule has 0 bridgehead atoms. The smallest absolute Gasteiger partial charge is 0.00137 e. The van der Waals surface area contributed by atoms with Crippen molar-refractivity contribution in [3.05, 3.63) is 59.2 Å². The first kappa shape index (κ1) is 6.90. The van der Waals surface area contributed by atoms with Crippen molar-refractivity contribution in [3.8, 4) is 0 Å². The lowest BCUT2D eigenvalue weighted by Crippen LogP contribution is -1.80. The first-order valence-corrected chi connectivity index (χ1v) is 4.61. The Bertz CT molecular complexity index is 445. The molecule has 2 aliphatic rings. The zero-order valence-corrected chi connectivity index (χ0v) is 7.33. The third kappa shape index (κ3) is 1.06. The van der Waals surface area contributed by atoms with Crippen LogP contribution in [0.2, 0.25) is 0 Å². The number of hydrogen-bond donors (Lipinski definition) is 0. The lowest BCUT2D eigenvalue weighted by atomic mass is 10.0. The third-order valence-electron chi connectivity index (χ3n) is 2.60. The third-order valence-corrected chi connectivity index (χ3v) is 2.60. The molecule has 0 aliphatic heterocycles. The molecule has 13 heavy (non-hydrogen) atoms. The van der Waals surface area contributed by atoms with E-state index in [1.165, 1.54) is 28.7 Å². The van der Waals surface area contributed by atoms with Gasteiger partial charge in [-0.3, -0.25) is 0 Å². The summed E-state index contributed by atoms with van der Waals surface area (Å²) in [4.78, 5) is 0. The van der Waals surface area contributed by atoms with Gasteiger partial charge in [-0.05, 0) is 28.7 Å². The molecule has 0 aromatic heterocycles. The normalized spacial score (nSPS) is 17.5. The summed E-state index contributed by atoms with van der Waals surface area (Å²) >= 11 is 0. The quantitative estimate of drug-likeness (QED) is 0.554. The van der Waals surface area contributed by atoms with Crippen LogP contribution in [0.1, 0.15) is 17.5 Å². The highest BCUT2D eigenvalue weighted by atomic mass is 14.3. The first-order valence-electron chi connectivity index (χ1n) is 4.61. The van der Waals surface area contributed by atoms with E-state index in [9.17, 15) is 0 Å². The molecular weight excluding hydrogens is 156 g/mol. The van der Waals surface area contributed by atoms with Crippen molar-refractivity contribution in [2.45, 2.75) is 6.42 Å². The first-order chi connectivity index (χ1) is 6.45. The summed E-state index contributed by atoms with van der Waals surface area (Å²) in [6.07, 6.45) is 9.80. The molecule has 0 nitrogen and oxygen atoms in total.